The molecule has 0 radical (unpaired) electrons. The van der Waals surface area contributed by atoms with E-state index < -0.39 is 0 Å². The summed E-state index contributed by atoms with van der Waals surface area (Å²) in [5.41, 5.74) is 2.22. The minimum atomic E-state index is 0.240. The summed E-state index contributed by atoms with van der Waals surface area (Å²) in [5, 5.41) is 4.13. The summed E-state index contributed by atoms with van der Waals surface area (Å²) in [7, 11) is 0. The molecule has 2 aromatic rings. The van der Waals surface area contributed by atoms with Crippen LogP contribution in [0.4, 0.5) is 0 Å². The summed E-state index contributed by atoms with van der Waals surface area (Å²) in [5.74, 6) is 6.25. The Morgan fingerprint density at radius 1 is 1.11 bits per heavy atom. The fraction of sp³-hybridized carbons (Fsp3) is 0.176. The Labute approximate surface area is 119 Å². The Balaban J connectivity index is 1.88. The SMILES string of the molecule is C[C@@H](NCC#Cc1ccccc1)c1cccc(Cl)c1. The van der Waals surface area contributed by atoms with Gasteiger partial charge in [0.2, 0.25) is 0 Å². The van der Waals surface area contributed by atoms with Gasteiger partial charge in [0, 0.05) is 16.6 Å². The largest absolute Gasteiger partial charge is 0.300 e. The highest BCUT2D eigenvalue weighted by molar-refractivity contribution is 6.30. The van der Waals surface area contributed by atoms with Gasteiger partial charge >= 0.3 is 0 Å². The van der Waals surface area contributed by atoms with Crippen molar-refractivity contribution in [1.29, 1.82) is 0 Å². The summed E-state index contributed by atoms with van der Waals surface area (Å²) in [4.78, 5) is 0. The number of benzene rings is 2. The number of rotatable bonds is 3. The summed E-state index contributed by atoms with van der Waals surface area (Å²) >= 11 is 5.97. The molecule has 0 amide bonds. The molecule has 0 saturated carbocycles. The normalized spacial score (nSPS) is 11.5. The van der Waals surface area contributed by atoms with E-state index in [1.807, 2.05) is 48.5 Å². The highest BCUT2D eigenvalue weighted by Gasteiger charge is 2.03. The van der Waals surface area contributed by atoms with E-state index >= 15 is 0 Å². The van der Waals surface area contributed by atoms with Crippen molar-refractivity contribution in [2.45, 2.75) is 13.0 Å². The Hall–Kier alpha value is -1.75. The van der Waals surface area contributed by atoms with Crippen LogP contribution < -0.4 is 5.32 Å². The fourth-order valence-electron chi connectivity index (χ4n) is 1.77. The molecule has 1 nitrogen and oxygen atoms in total. The molecule has 0 aromatic heterocycles. The third-order valence-electron chi connectivity index (χ3n) is 2.85. The van der Waals surface area contributed by atoms with E-state index in [0.717, 1.165) is 10.6 Å². The van der Waals surface area contributed by atoms with Crippen LogP contribution in [0.2, 0.25) is 5.02 Å². The molecule has 0 fully saturated rings. The van der Waals surface area contributed by atoms with E-state index in [1.54, 1.807) is 0 Å². The van der Waals surface area contributed by atoms with E-state index in [0.29, 0.717) is 6.54 Å². The topological polar surface area (TPSA) is 12.0 Å². The zero-order valence-corrected chi connectivity index (χ0v) is 11.6. The van der Waals surface area contributed by atoms with Crippen molar-refractivity contribution in [2.24, 2.45) is 0 Å². The first kappa shape index (κ1) is 13.7. The molecule has 0 bridgehead atoms. The molecule has 2 aromatic carbocycles. The van der Waals surface area contributed by atoms with E-state index in [1.165, 1.54) is 5.56 Å². The predicted octanol–water partition coefficient (Wildman–Crippen LogP) is 4.04. The van der Waals surface area contributed by atoms with Gasteiger partial charge < -0.3 is 0 Å². The van der Waals surface area contributed by atoms with Crippen LogP contribution in [0.15, 0.2) is 54.6 Å². The maximum absolute atomic E-state index is 5.97. The molecule has 19 heavy (non-hydrogen) atoms. The molecule has 1 N–H and O–H groups in total. The molecule has 0 aliphatic heterocycles. The lowest BCUT2D eigenvalue weighted by Gasteiger charge is -2.12. The minimum Gasteiger partial charge on any atom is -0.300 e. The summed E-state index contributed by atoms with van der Waals surface area (Å²) in [6.45, 7) is 2.76. The molecule has 0 spiro atoms. The van der Waals surface area contributed by atoms with Gasteiger partial charge in [0.15, 0.2) is 0 Å². The molecule has 2 rings (SSSR count). The Morgan fingerprint density at radius 3 is 2.63 bits per heavy atom. The zero-order chi connectivity index (χ0) is 13.5. The van der Waals surface area contributed by atoms with Gasteiger partial charge in [0.05, 0.1) is 6.54 Å². The molecule has 0 unspecified atom stereocenters. The third kappa shape index (κ3) is 4.44. The van der Waals surface area contributed by atoms with Gasteiger partial charge in [0.25, 0.3) is 0 Å². The van der Waals surface area contributed by atoms with Crippen LogP contribution in [0, 0.1) is 11.8 Å². The lowest BCUT2D eigenvalue weighted by atomic mass is 10.1. The first-order valence-electron chi connectivity index (χ1n) is 6.28. The smallest absolute Gasteiger partial charge is 0.0584 e. The van der Waals surface area contributed by atoms with Crippen LogP contribution in [-0.4, -0.2) is 6.54 Å². The van der Waals surface area contributed by atoms with Crippen molar-refractivity contribution in [2.75, 3.05) is 6.54 Å². The molecule has 1 atom stereocenters. The van der Waals surface area contributed by atoms with Crippen molar-refractivity contribution in [3.63, 3.8) is 0 Å². The summed E-state index contributed by atoms with van der Waals surface area (Å²) in [6, 6.07) is 18.1. The molecule has 0 aliphatic rings. The van der Waals surface area contributed by atoms with Gasteiger partial charge in [0.1, 0.15) is 0 Å². The third-order valence-corrected chi connectivity index (χ3v) is 3.09. The standard InChI is InChI=1S/C17H16ClN/c1-14(16-10-5-11-17(18)13-16)19-12-6-9-15-7-3-2-4-8-15/h2-5,7-8,10-11,13-14,19H,12H2,1H3/t14-/m1/s1. The fourth-order valence-corrected chi connectivity index (χ4v) is 1.96. The lowest BCUT2D eigenvalue weighted by molar-refractivity contribution is 0.623. The van der Waals surface area contributed by atoms with Gasteiger partial charge in [-0.25, -0.2) is 0 Å². The number of halogens is 1. The Kier molecular flexibility index (Phi) is 5.03. The van der Waals surface area contributed by atoms with Crippen molar-refractivity contribution in [1.82, 2.24) is 5.32 Å². The highest BCUT2D eigenvalue weighted by Crippen LogP contribution is 2.16. The van der Waals surface area contributed by atoms with Crippen molar-refractivity contribution >= 4 is 11.6 Å². The summed E-state index contributed by atoms with van der Waals surface area (Å²) in [6.07, 6.45) is 0. The quantitative estimate of drug-likeness (QED) is 0.829. The molecular weight excluding hydrogens is 254 g/mol. The van der Waals surface area contributed by atoms with Crippen LogP contribution in [-0.2, 0) is 0 Å². The zero-order valence-electron chi connectivity index (χ0n) is 10.9. The second kappa shape index (κ2) is 6.99. The Morgan fingerprint density at radius 2 is 1.89 bits per heavy atom. The number of nitrogens with one attached hydrogen (secondary N) is 1. The van der Waals surface area contributed by atoms with Crippen molar-refractivity contribution in [3.8, 4) is 11.8 Å². The van der Waals surface area contributed by atoms with E-state index in [9.17, 15) is 0 Å². The van der Waals surface area contributed by atoms with Crippen LogP contribution >= 0.6 is 11.6 Å². The Bertz CT molecular complexity index is 581. The van der Waals surface area contributed by atoms with Crippen molar-refractivity contribution < 1.29 is 0 Å². The molecule has 0 saturated heterocycles. The van der Waals surface area contributed by atoms with Crippen LogP contribution in [0.25, 0.3) is 0 Å². The van der Waals surface area contributed by atoms with Gasteiger partial charge in [-0.3, -0.25) is 5.32 Å². The van der Waals surface area contributed by atoms with E-state index in [2.05, 4.69) is 30.1 Å². The second-order valence-electron chi connectivity index (χ2n) is 4.33. The van der Waals surface area contributed by atoms with Gasteiger partial charge in [-0.15, -0.1) is 0 Å². The van der Waals surface area contributed by atoms with Gasteiger partial charge in [-0.05, 0) is 36.8 Å². The molecule has 2 heteroatoms. The van der Waals surface area contributed by atoms with Gasteiger partial charge in [-0.2, -0.15) is 0 Å². The first-order valence-corrected chi connectivity index (χ1v) is 6.66. The first-order chi connectivity index (χ1) is 9.25. The molecule has 0 heterocycles. The monoisotopic (exact) mass is 269 g/mol. The number of hydrogen-bond donors (Lipinski definition) is 1. The molecule has 96 valence electrons. The second-order valence-corrected chi connectivity index (χ2v) is 4.76. The average Bonchev–Trinajstić information content (AvgIpc) is 2.44. The van der Waals surface area contributed by atoms with Crippen LogP contribution in [0.1, 0.15) is 24.1 Å². The summed E-state index contributed by atoms with van der Waals surface area (Å²) < 4.78 is 0. The maximum atomic E-state index is 5.97. The predicted molar refractivity (Wildman–Crippen MR) is 81.2 cm³/mol. The minimum absolute atomic E-state index is 0.240. The average molecular weight is 270 g/mol. The molecule has 0 aliphatic carbocycles. The lowest BCUT2D eigenvalue weighted by Crippen LogP contribution is -2.18. The van der Waals surface area contributed by atoms with E-state index in [4.69, 9.17) is 11.6 Å². The number of hydrogen-bond acceptors (Lipinski definition) is 1. The van der Waals surface area contributed by atoms with E-state index in [-0.39, 0.29) is 6.04 Å². The highest BCUT2D eigenvalue weighted by atomic mass is 35.5. The van der Waals surface area contributed by atoms with Crippen molar-refractivity contribution in [3.05, 3.63) is 70.7 Å². The molecular formula is C17H16ClN. The van der Waals surface area contributed by atoms with Crippen LogP contribution in [0.5, 0.6) is 0 Å². The maximum Gasteiger partial charge on any atom is 0.0584 e. The van der Waals surface area contributed by atoms with Gasteiger partial charge in [-0.1, -0.05) is 53.8 Å². The van der Waals surface area contributed by atoms with Crippen LogP contribution in [0.3, 0.4) is 0 Å².